The average molecular weight is 851 g/mol. The van der Waals surface area contributed by atoms with E-state index >= 15 is 4.79 Å². The van der Waals surface area contributed by atoms with E-state index in [0.29, 0.717) is 44.5 Å². The molecule has 60 heavy (non-hydrogen) atoms. The van der Waals surface area contributed by atoms with Crippen LogP contribution in [-0.2, 0) is 38.9 Å². The molecule has 6 aliphatic rings. The third kappa shape index (κ3) is 7.47. The highest BCUT2D eigenvalue weighted by atomic mass is 32.2. The number of nitrogens with zero attached hydrogens (tertiary/aromatic N) is 2. The zero-order valence-electron chi connectivity index (χ0n) is 36.3. The number of hydrogen-bond donors (Lipinski definition) is 4. The van der Waals surface area contributed by atoms with E-state index < -0.39 is 80.8 Å². The predicted molar refractivity (Wildman–Crippen MR) is 226 cm³/mol. The van der Waals surface area contributed by atoms with E-state index in [9.17, 15) is 27.6 Å². The fourth-order valence-electron chi connectivity index (χ4n) is 11.8. The summed E-state index contributed by atoms with van der Waals surface area (Å²) in [6.07, 6.45) is 9.96. The molecule has 6 fully saturated rings. The Labute approximate surface area is 355 Å². The van der Waals surface area contributed by atoms with Gasteiger partial charge in [-0.15, -0.1) is 6.58 Å². The van der Waals surface area contributed by atoms with Crippen LogP contribution < -0.4 is 20.7 Å². The number of methoxy groups -OCH3 is 1. The second-order valence-corrected chi connectivity index (χ2v) is 21.8. The topological polar surface area (TPSA) is 183 Å². The van der Waals surface area contributed by atoms with Gasteiger partial charge >= 0.3 is 10.2 Å². The lowest BCUT2D eigenvalue weighted by molar-refractivity contribution is -0.145. The first-order valence-corrected chi connectivity index (χ1v) is 23.5. The molecule has 14 nitrogen and oxygen atoms in total. The van der Waals surface area contributed by atoms with E-state index in [1.807, 2.05) is 39.0 Å². The molecule has 2 heterocycles. The van der Waals surface area contributed by atoms with Crippen molar-refractivity contribution in [1.29, 1.82) is 0 Å². The van der Waals surface area contributed by atoms with Gasteiger partial charge in [-0.05, 0) is 79.1 Å². The molecule has 7 atom stereocenters. The number of carbonyl (C=O) groups excluding carboxylic acids is 5. The smallest absolute Gasteiger partial charge is 0.303 e. The summed E-state index contributed by atoms with van der Waals surface area (Å²) in [5.74, 6) is -3.34. The highest BCUT2D eigenvalue weighted by Gasteiger charge is 2.85. The van der Waals surface area contributed by atoms with Crippen LogP contribution >= 0.6 is 0 Å². The molecule has 2 aliphatic heterocycles. The summed E-state index contributed by atoms with van der Waals surface area (Å²) < 4.78 is 35.5. The van der Waals surface area contributed by atoms with E-state index in [1.165, 1.54) is 11.4 Å². The first-order valence-electron chi connectivity index (χ1n) is 22.0. The summed E-state index contributed by atoms with van der Waals surface area (Å²) in [6, 6.07) is 6.11. The van der Waals surface area contributed by atoms with Gasteiger partial charge in [-0.1, -0.05) is 96.7 Å². The van der Waals surface area contributed by atoms with Crippen LogP contribution in [0.2, 0.25) is 0 Å². The van der Waals surface area contributed by atoms with Gasteiger partial charge in [0.15, 0.2) is 6.10 Å². The van der Waals surface area contributed by atoms with Crippen molar-refractivity contribution in [2.24, 2.45) is 33.5 Å². The number of nitrogens with one attached hydrogen (secondary N) is 4. The summed E-state index contributed by atoms with van der Waals surface area (Å²) in [6.45, 7) is 14.8. The Morgan fingerprint density at radius 3 is 2.07 bits per heavy atom. The lowest BCUT2D eigenvalue weighted by atomic mass is 9.73. The van der Waals surface area contributed by atoms with E-state index in [2.05, 4.69) is 41.1 Å². The van der Waals surface area contributed by atoms with Gasteiger partial charge in [0, 0.05) is 38.1 Å². The maximum atomic E-state index is 15.3. The van der Waals surface area contributed by atoms with Crippen molar-refractivity contribution in [3.63, 3.8) is 0 Å². The van der Waals surface area contributed by atoms with Crippen LogP contribution in [0.4, 0.5) is 0 Å². The van der Waals surface area contributed by atoms with Gasteiger partial charge < -0.3 is 25.6 Å². The van der Waals surface area contributed by atoms with Crippen molar-refractivity contribution in [2.75, 3.05) is 26.7 Å². The van der Waals surface area contributed by atoms with Gasteiger partial charge in [-0.2, -0.15) is 12.7 Å². The lowest BCUT2D eigenvalue weighted by Crippen LogP contribution is -2.62. The maximum absolute atomic E-state index is 15.3. The monoisotopic (exact) mass is 850 g/mol. The number of hydrogen-bond acceptors (Lipinski definition) is 8. The Balaban J connectivity index is 1.16. The van der Waals surface area contributed by atoms with Crippen molar-refractivity contribution in [2.45, 2.75) is 141 Å². The van der Waals surface area contributed by atoms with E-state index in [4.69, 9.17) is 4.74 Å². The van der Waals surface area contributed by atoms with Gasteiger partial charge in [-0.25, -0.2) is 4.72 Å². The van der Waals surface area contributed by atoms with Gasteiger partial charge in [0.2, 0.25) is 17.7 Å². The molecule has 7 rings (SSSR count). The van der Waals surface area contributed by atoms with Crippen molar-refractivity contribution < 1.29 is 37.1 Å². The largest absolute Gasteiger partial charge is 0.367 e. The minimum Gasteiger partial charge on any atom is -0.367 e. The molecular weight excluding hydrogens is 785 g/mol. The lowest BCUT2D eigenvalue weighted by Gasteiger charge is -2.38. The average Bonchev–Trinajstić information content (AvgIpc) is 3.64. The summed E-state index contributed by atoms with van der Waals surface area (Å²) in [5, 5.41) is 9.06. The molecule has 5 amide bonds. The van der Waals surface area contributed by atoms with Crippen molar-refractivity contribution >= 4 is 39.7 Å². The van der Waals surface area contributed by atoms with Gasteiger partial charge in [0.05, 0.1) is 0 Å². The van der Waals surface area contributed by atoms with Crippen molar-refractivity contribution in [1.82, 2.24) is 29.9 Å². The Morgan fingerprint density at radius 2 is 1.53 bits per heavy atom. The van der Waals surface area contributed by atoms with E-state index in [0.717, 1.165) is 51.4 Å². The zero-order valence-corrected chi connectivity index (χ0v) is 37.1. The SMILES string of the molecule is C=C[C@@H]1C[C@]1(NC(=O)[C@@H]1C[C@@]2(CN1C(=O)[C@@H](NC(=O)[C@@H](NC(=O)[C@@H](OC)c1ccccc1)C1CCCCC1)C(C)(C)C)C(C)(C)C21CCC1)C(=O)NS(=O)(=O)N1CCCC1. The molecule has 2 spiro atoms. The van der Waals surface area contributed by atoms with Gasteiger partial charge in [0.1, 0.15) is 23.7 Å². The van der Waals surface area contributed by atoms with Crippen LogP contribution in [0.5, 0.6) is 0 Å². The van der Waals surface area contributed by atoms with Gasteiger partial charge in [-0.3, -0.25) is 24.0 Å². The number of carbonyl (C=O) groups is 5. The van der Waals surface area contributed by atoms with Crippen LogP contribution in [0.1, 0.15) is 123 Å². The second kappa shape index (κ2) is 16.1. The molecule has 15 heteroatoms. The fraction of sp³-hybridized carbons (Fsp3) is 0.711. The molecule has 1 aromatic rings. The molecule has 0 unspecified atom stereocenters. The number of ether oxygens (including phenoxy) is 1. The first kappa shape index (κ1) is 44.2. The Kier molecular flexibility index (Phi) is 11.9. The standard InChI is InChI=1S/C45H66N6O8S/c1-8-31-26-45(31,40(56)49-60(57,58)50-24-15-16-25-50)48-36(52)32-27-44(42(5,6)43(44)22-17-23-43)28-51(32)39(55)35(41(2,3)4)47-37(53)33(29-18-11-9-12-19-29)46-38(54)34(59-7)30-20-13-10-14-21-30/h8,10,13-14,20-21,29,31-35H,1,9,11-12,15-19,22-28H2,2-7H3,(H,46,54)(H,47,53)(H,48,52)(H,49,56)/t31-,32+,33+,34+,35-,44-,45-/m1/s1. The maximum Gasteiger partial charge on any atom is 0.303 e. The fourth-order valence-corrected chi connectivity index (χ4v) is 13.0. The molecule has 0 aromatic heterocycles. The predicted octanol–water partition coefficient (Wildman–Crippen LogP) is 4.29. The molecule has 1 aromatic carbocycles. The molecule has 4 saturated carbocycles. The summed E-state index contributed by atoms with van der Waals surface area (Å²) in [5.41, 5.74) is -2.26. The number of benzene rings is 1. The molecule has 330 valence electrons. The zero-order chi connectivity index (χ0) is 43.5. The third-order valence-electron chi connectivity index (χ3n) is 15.8. The van der Waals surface area contributed by atoms with Crippen molar-refractivity contribution in [3.8, 4) is 0 Å². The highest BCUT2D eigenvalue weighted by Crippen LogP contribution is 2.88. The number of likely N-dealkylation sites (tertiary alicyclic amines) is 1. The van der Waals surface area contributed by atoms with Crippen LogP contribution in [0, 0.1) is 33.5 Å². The second-order valence-electron chi connectivity index (χ2n) is 20.1. The van der Waals surface area contributed by atoms with Crippen LogP contribution in [-0.4, -0.2) is 97.6 Å². The number of amides is 5. The van der Waals surface area contributed by atoms with Crippen LogP contribution in [0.15, 0.2) is 43.0 Å². The molecule has 0 radical (unpaired) electrons. The molecule has 0 bridgehead atoms. The Hall–Kier alpha value is -3.82. The van der Waals surface area contributed by atoms with E-state index in [-0.39, 0.29) is 28.6 Å². The summed E-state index contributed by atoms with van der Waals surface area (Å²) in [7, 11) is -2.67. The molecule has 4 N–H and O–H groups in total. The normalized spacial score (nSPS) is 29.8. The van der Waals surface area contributed by atoms with Crippen LogP contribution in [0.3, 0.4) is 0 Å². The summed E-state index contributed by atoms with van der Waals surface area (Å²) in [4.78, 5) is 74.0. The Bertz CT molecular complexity index is 1970. The quantitative estimate of drug-likeness (QED) is 0.200. The first-order chi connectivity index (χ1) is 28.3. The van der Waals surface area contributed by atoms with Gasteiger partial charge in [0.25, 0.3) is 11.8 Å². The molecule has 4 aliphatic carbocycles. The minimum atomic E-state index is -4.12. The number of rotatable bonds is 14. The summed E-state index contributed by atoms with van der Waals surface area (Å²) >= 11 is 0. The molecule has 2 saturated heterocycles. The number of fused-ring (bicyclic) bond motifs is 1. The Morgan fingerprint density at radius 1 is 0.883 bits per heavy atom. The minimum absolute atomic E-state index is 0.0386. The van der Waals surface area contributed by atoms with Crippen LogP contribution in [0.25, 0.3) is 0 Å². The van der Waals surface area contributed by atoms with E-state index in [1.54, 1.807) is 23.1 Å². The van der Waals surface area contributed by atoms with Crippen molar-refractivity contribution in [3.05, 3.63) is 48.6 Å². The third-order valence-corrected chi connectivity index (χ3v) is 17.2. The molecular formula is C45H66N6O8S. The highest BCUT2D eigenvalue weighted by molar-refractivity contribution is 7.87.